The highest BCUT2D eigenvalue weighted by Gasteiger charge is 2.28. The topological polar surface area (TPSA) is 84.5 Å². The lowest BCUT2D eigenvalue weighted by atomic mass is 10.1. The van der Waals surface area contributed by atoms with Crippen LogP contribution in [0.2, 0.25) is 0 Å². The van der Waals surface area contributed by atoms with Crippen LogP contribution < -0.4 is 14.8 Å². The van der Waals surface area contributed by atoms with Crippen molar-refractivity contribution in [1.29, 1.82) is 0 Å². The second-order valence-corrected chi connectivity index (χ2v) is 9.37. The Morgan fingerprint density at radius 1 is 1.07 bits per heavy atom. The third-order valence-electron chi connectivity index (χ3n) is 4.51. The summed E-state index contributed by atoms with van der Waals surface area (Å²) in [4.78, 5) is 12.4. The smallest absolute Gasteiger partial charge is 0.262 e. The lowest BCUT2D eigenvalue weighted by molar-refractivity contribution is -0.118. The monoisotopic (exact) mass is 474 g/mol. The Morgan fingerprint density at radius 2 is 1.86 bits per heavy atom. The van der Waals surface area contributed by atoms with Crippen molar-refractivity contribution in [2.45, 2.75) is 23.8 Å². The van der Waals surface area contributed by atoms with E-state index in [1.807, 2.05) is 30.3 Å². The molecule has 2 N–H and O–H groups in total. The molecular weight excluding hydrogens is 456 g/mol. The zero-order valence-corrected chi connectivity index (χ0v) is 17.8. The molecule has 4 rings (SSSR count). The fourth-order valence-electron chi connectivity index (χ4n) is 2.90. The van der Waals surface area contributed by atoms with Gasteiger partial charge in [0, 0.05) is 11.7 Å². The molecule has 1 amide bonds. The number of carbonyl (C=O) groups is 1. The van der Waals surface area contributed by atoms with E-state index >= 15 is 0 Å². The lowest BCUT2D eigenvalue weighted by Gasteiger charge is -2.11. The Hall–Kier alpha value is -2.42. The number of hydrogen-bond acceptors (Lipinski definition) is 4. The van der Waals surface area contributed by atoms with Gasteiger partial charge in [-0.05, 0) is 63.8 Å². The quantitative estimate of drug-likeness (QED) is 0.540. The number of ether oxygens (including phenoxy) is 1. The predicted molar refractivity (Wildman–Crippen MR) is 116 cm³/mol. The number of carbonyl (C=O) groups excluding carboxylic acids is 1. The maximum atomic E-state index is 12.3. The van der Waals surface area contributed by atoms with Crippen LogP contribution in [-0.2, 0) is 14.8 Å². The predicted octanol–water partition coefficient (Wildman–Crippen LogP) is 4.06. The van der Waals surface area contributed by atoms with E-state index in [4.69, 9.17) is 4.74 Å². The van der Waals surface area contributed by atoms with Crippen molar-refractivity contribution in [3.05, 3.63) is 65.1 Å². The van der Waals surface area contributed by atoms with E-state index in [0.717, 1.165) is 28.1 Å². The van der Waals surface area contributed by atoms with Crippen molar-refractivity contribution in [2.24, 2.45) is 0 Å². The first-order chi connectivity index (χ1) is 13.9. The first-order valence-corrected chi connectivity index (χ1v) is 11.4. The molecule has 0 radical (unpaired) electrons. The summed E-state index contributed by atoms with van der Waals surface area (Å²) in [5.41, 5.74) is 0.398. The van der Waals surface area contributed by atoms with Crippen LogP contribution >= 0.6 is 15.9 Å². The van der Waals surface area contributed by atoms with Crippen molar-refractivity contribution in [2.75, 3.05) is 11.9 Å². The SMILES string of the molecule is O=C(COc1ccc2ccccc2c1Br)Nc1cccc(S(=O)(=O)NC2CC2)c1. The number of nitrogens with one attached hydrogen (secondary N) is 2. The van der Waals surface area contributed by atoms with Gasteiger partial charge in [0.15, 0.2) is 6.61 Å². The zero-order valence-electron chi connectivity index (χ0n) is 15.4. The van der Waals surface area contributed by atoms with Gasteiger partial charge in [0.25, 0.3) is 5.91 Å². The van der Waals surface area contributed by atoms with Gasteiger partial charge in [-0.2, -0.15) is 0 Å². The Balaban J connectivity index is 1.41. The zero-order chi connectivity index (χ0) is 20.4. The molecule has 3 aromatic carbocycles. The maximum Gasteiger partial charge on any atom is 0.262 e. The summed E-state index contributed by atoms with van der Waals surface area (Å²) in [6.45, 7) is -0.200. The molecule has 1 saturated carbocycles. The van der Waals surface area contributed by atoms with Gasteiger partial charge >= 0.3 is 0 Å². The molecule has 1 aliphatic carbocycles. The first kappa shape index (κ1) is 19.9. The van der Waals surface area contributed by atoms with E-state index < -0.39 is 10.0 Å². The molecule has 0 unspecified atom stereocenters. The van der Waals surface area contributed by atoms with Crippen molar-refractivity contribution < 1.29 is 17.9 Å². The average Bonchev–Trinajstić information content (AvgIpc) is 3.51. The van der Waals surface area contributed by atoms with Gasteiger partial charge < -0.3 is 10.1 Å². The molecule has 3 aromatic rings. The van der Waals surface area contributed by atoms with Gasteiger partial charge in [-0.1, -0.05) is 36.4 Å². The number of amides is 1. The normalized spacial score (nSPS) is 14.0. The lowest BCUT2D eigenvalue weighted by Crippen LogP contribution is -2.26. The molecule has 8 heteroatoms. The molecule has 1 fully saturated rings. The van der Waals surface area contributed by atoms with Crippen molar-refractivity contribution in [3.63, 3.8) is 0 Å². The van der Waals surface area contributed by atoms with Crippen LogP contribution in [0.1, 0.15) is 12.8 Å². The second-order valence-electron chi connectivity index (χ2n) is 6.86. The third kappa shape index (κ3) is 4.77. The van der Waals surface area contributed by atoms with Crippen LogP contribution in [0.3, 0.4) is 0 Å². The van der Waals surface area contributed by atoms with Crippen molar-refractivity contribution in [3.8, 4) is 5.75 Å². The Labute approximate surface area is 177 Å². The standard InChI is InChI=1S/C21H19BrN2O4S/c22-21-18-7-2-1-4-14(18)8-11-19(21)28-13-20(25)23-16-5-3-6-17(12-16)29(26,27)24-15-9-10-15/h1-8,11-12,15,24H,9-10,13H2,(H,23,25). The molecule has 0 aromatic heterocycles. The molecule has 0 saturated heterocycles. The number of rotatable bonds is 7. The fourth-order valence-corrected chi connectivity index (χ4v) is 4.85. The minimum Gasteiger partial charge on any atom is -0.483 e. The van der Waals surface area contributed by atoms with Crippen LogP contribution in [0.25, 0.3) is 10.8 Å². The van der Waals surface area contributed by atoms with E-state index in [1.54, 1.807) is 18.2 Å². The highest BCUT2D eigenvalue weighted by Crippen LogP contribution is 2.33. The molecule has 0 heterocycles. The molecular formula is C21H19BrN2O4S. The summed E-state index contributed by atoms with van der Waals surface area (Å²) in [6.07, 6.45) is 1.72. The summed E-state index contributed by atoms with van der Waals surface area (Å²) in [5, 5.41) is 4.73. The Morgan fingerprint density at radius 3 is 2.66 bits per heavy atom. The third-order valence-corrected chi connectivity index (χ3v) is 6.85. The minimum absolute atomic E-state index is 0.0204. The summed E-state index contributed by atoms with van der Waals surface area (Å²) in [7, 11) is -3.58. The van der Waals surface area contributed by atoms with Crippen LogP contribution in [0.5, 0.6) is 5.75 Å². The van der Waals surface area contributed by atoms with E-state index in [9.17, 15) is 13.2 Å². The number of benzene rings is 3. The van der Waals surface area contributed by atoms with Gasteiger partial charge in [0.2, 0.25) is 10.0 Å². The summed E-state index contributed by atoms with van der Waals surface area (Å²) in [5.74, 6) is 0.179. The maximum absolute atomic E-state index is 12.3. The summed E-state index contributed by atoms with van der Waals surface area (Å²) >= 11 is 3.52. The second kappa shape index (κ2) is 8.14. The van der Waals surface area contributed by atoms with E-state index in [2.05, 4.69) is 26.0 Å². The molecule has 29 heavy (non-hydrogen) atoms. The molecule has 0 spiro atoms. The van der Waals surface area contributed by atoms with E-state index in [0.29, 0.717) is 11.4 Å². The molecule has 6 nitrogen and oxygen atoms in total. The summed E-state index contributed by atoms with van der Waals surface area (Å²) < 4.78 is 33.7. The Bertz CT molecular complexity index is 1180. The largest absolute Gasteiger partial charge is 0.483 e. The van der Waals surface area contributed by atoms with Gasteiger partial charge in [-0.15, -0.1) is 0 Å². The van der Waals surface area contributed by atoms with Crippen LogP contribution in [0, 0.1) is 0 Å². The minimum atomic E-state index is -3.58. The van der Waals surface area contributed by atoms with E-state index in [1.165, 1.54) is 12.1 Å². The van der Waals surface area contributed by atoms with Crippen LogP contribution in [0.4, 0.5) is 5.69 Å². The van der Waals surface area contributed by atoms with Gasteiger partial charge in [-0.3, -0.25) is 4.79 Å². The van der Waals surface area contributed by atoms with Crippen molar-refractivity contribution in [1.82, 2.24) is 4.72 Å². The number of halogens is 1. The van der Waals surface area contributed by atoms with E-state index in [-0.39, 0.29) is 23.5 Å². The molecule has 1 aliphatic rings. The first-order valence-electron chi connectivity index (χ1n) is 9.15. The fraction of sp³-hybridized carbons (Fsp3) is 0.190. The van der Waals surface area contributed by atoms with Gasteiger partial charge in [-0.25, -0.2) is 13.1 Å². The molecule has 0 aliphatic heterocycles. The van der Waals surface area contributed by atoms with Crippen LogP contribution in [0.15, 0.2) is 70.0 Å². The van der Waals surface area contributed by atoms with Crippen molar-refractivity contribution >= 4 is 48.3 Å². The van der Waals surface area contributed by atoms with Gasteiger partial charge in [0.1, 0.15) is 5.75 Å². The number of anilines is 1. The number of sulfonamides is 1. The van der Waals surface area contributed by atoms with Crippen LogP contribution in [-0.4, -0.2) is 27.0 Å². The molecule has 0 bridgehead atoms. The molecule has 150 valence electrons. The highest BCUT2D eigenvalue weighted by atomic mass is 79.9. The molecule has 0 atom stereocenters. The highest BCUT2D eigenvalue weighted by molar-refractivity contribution is 9.10. The number of hydrogen-bond donors (Lipinski definition) is 2. The average molecular weight is 475 g/mol. The summed E-state index contributed by atoms with van der Waals surface area (Å²) in [6, 6.07) is 17.8. The van der Waals surface area contributed by atoms with Gasteiger partial charge in [0.05, 0.1) is 9.37 Å². The Kier molecular flexibility index (Phi) is 5.58. The number of fused-ring (bicyclic) bond motifs is 1.